The first-order valence-corrected chi connectivity index (χ1v) is 12.5. The van der Waals surface area contributed by atoms with Gasteiger partial charge in [-0.05, 0) is 37.6 Å². The van der Waals surface area contributed by atoms with Gasteiger partial charge in [-0.2, -0.15) is 0 Å². The summed E-state index contributed by atoms with van der Waals surface area (Å²) in [7, 11) is 0. The van der Waals surface area contributed by atoms with Crippen molar-refractivity contribution in [2.24, 2.45) is 0 Å². The van der Waals surface area contributed by atoms with Crippen LogP contribution in [0.4, 0.5) is 5.13 Å². The second-order valence-corrected chi connectivity index (χ2v) is 10.4. The summed E-state index contributed by atoms with van der Waals surface area (Å²) in [6.07, 6.45) is 0.821. The van der Waals surface area contributed by atoms with Gasteiger partial charge in [0.25, 0.3) is 5.91 Å². The Labute approximate surface area is 199 Å². The SMILES string of the molecule is CCOc1ccc2nc(N(CCCN3CCOCC3)C(=O)c3cc(Cl)sc3Cl)sc2c1. The molecule has 1 aromatic carbocycles. The fraction of sp³-hybridized carbons (Fsp3) is 0.429. The van der Waals surface area contributed by atoms with Gasteiger partial charge >= 0.3 is 0 Å². The minimum atomic E-state index is -0.181. The van der Waals surface area contributed by atoms with Crippen molar-refractivity contribution >= 4 is 67.1 Å². The van der Waals surface area contributed by atoms with Crippen molar-refractivity contribution < 1.29 is 14.3 Å². The first kappa shape index (κ1) is 22.8. The van der Waals surface area contributed by atoms with Crippen molar-refractivity contribution in [3.63, 3.8) is 0 Å². The molecular formula is C21H23Cl2N3O3S2. The molecule has 1 fully saturated rings. The molecule has 0 radical (unpaired) electrons. The summed E-state index contributed by atoms with van der Waals surface area (Å²) in [4.78, 5) is 22.2. The number of amides is 1. The molecule has 1 aliphatic heterocycles. The number of nitrogens with zero attached hydrogens (tertiary/aromatic N) is 3. The molecule has 166 valence electrons. The van der Waals surface area contributed by atoms with E-state index < -0.39 is 0 Å². The number of carbonyl (C=O) groups excluding carboxylic acids is 1. The number of morpholine rings is 1. The van der Waals surface area contributed by atoms with Crippen molar-refractivity contribution in [3.8, 4) is 5.75 Å². The van der Waals surface area contributed by atoms with Crippen molar-refractivity contribution in [1.82, 2.24) is 9.88 Å². The quantitative estimate of drug-likeness (QED) is 0.413. The highest BCUT2D eigenvalue weighted by atomic mass is 35.5. The number of aromatic nitrogens is 1. The largest absolute Gasteiger partial charge is 0.494 e. The Balaban J connectivity index is 1.58. The van der Waals surface area contributed by atoms with E-state index in [1.807, 2.05) is 25.1 Å². The molecule has 0 atom stereocenters. The number of benzene rings is 1. The second-order valence-electron chi connectivity index (χ2n) is 7.06. The van der Waals surface area contributed by atoms with Crippen LogP contribution in [0.25, 0.3) is 10.2 Å². The number of carbonyl (C=O) groups is 1. The number of rotatable bonds is 8. The average molecular weight is 500 g/mol. The van der Waals surface area contributed by atoms with Crippen LogP contribution in [-0.2, 0) is 4.74 Å². The fourth-order valence-corrected chi connectivity index (χ4v) is 5.92. The Bertz CT molecular complexity index is 1050. The first-order chi connectivity index (χ1) is 15.0. The minimum absolute atomic E-state index is 0.181. The van der Waals surface area contributed by atoms with E-state index in [1.165, 1.54) is 22.7 Å². The van der Waals surface area contributed by atoms with Gasteiger partial charge in [0.1, 0.15) is 10.1 Å². The highest BCUT2D eigenvalue weighted by Gasteiger charge is 2.25. The molecule has 4 rings (SSSR count). The third kappa shape index (κ3) is 5.50. The molecule has 10 heteroatoms. The summed E-state index contributed by atoms with van der Waals surface area (Å²) in [5.41, 5.74) is 1.25. The lowest BCUT2D eigenvalue weighted by Crippen LogP contribution is -2.39. The van der Waals surface area contributed by atoms with Gasteiger partial charge in [-0.25, -0.2) is 4.98 Å². The summed E-state index contributed by atoms with van der Waals surface area (Å²) in [6, 6.07) is 7.41. The van der Waals surface area contributed by atoms with Crippen LogP contribution in [0, 0.1) is 0 Å². The van der Waals surface area contributed by atoms with E-state index >= 15 is 0 Å². The molecule has 3 aromatic rings. The van der Waals surface area contributed by atoms with Crippen molar-refractivity contribution in [3.05, 3.63) is 38.5 Å². The van der Waals surface area contributed by atoms with Gasteiger partial charge in [0.05, 0.1) is 39.9 Å². The highest BCUT2D eigenvalue weighted by molar-refractivity contribution is 7.22. The molecule has 0 saturated carbocycles. The van der Waals surface area contributed by atoms with Gasteiger partial charge in [0.2, 0.25) is 0 Å². The van der Waals surface area contributed by atoms with Crippen molar-refractivity contribution in [2.75, 3.05) is 50.9 Å². The predicted octanol–water partition coefficient (Wildman–Crippen LogP) is 5.43. The third-order valence-corrected chi connectivity index (χ3v) is 7.51. The van der Waals surface area contributed by atoms with E-state index in [0.29, 0.717) is 32.5 Å². The summed E-state index contributed by atoms with van der Waals surface area (Å²) in [5, 5.41) is 0.647. The predicted molar refractivity (Wildman–Crippen MR) is 129 cm³/mol. The van der Waals surface area contributed by atoms with Crippen LogP contribution in [0.5, 0.6) is 5.75 Å². The van der Waals surface area contributed by atoms with Gasteiger partial charge in [-0.15, -0.1) is 11.3 Å². The Hall–Kier alpha value is -1.42. The Morgan fingerprint density at radius 2 is 2.06 bits per heavy atom. The molecule has 0 spiro atoms. The standard InChI is InChI=1S/C21H23Cl2N3O3S2/c1-2-29-14-4-5-16-17(12-14)30-21(24-16)26(7-3-6-25-8-10-28-11-9-25)20(27)15-13-18(22)31-19(15)23/h4-5,12-13H,2-3,6-11H2,1H3. The molecule has 0 bridgehead atoms. The van der Waals surface area contributed by atoms with Gasteiger partial charge < -0.3 is 9.47 Å². The van der Waals surface area contributed by atoms with Gasteiger partial charge in [-0.1, -0.05) is 34.5 Å². The van der Waals surface area contributed by atoms with Crippen LogP contribution in [0.3, 0.4) is 0 Å². The summed E-state index contributed by atoms with van der Waals surface area (Å²) < 4.78 is 12.9. The van der Waals surface area contributed by atoms with E-state index in [1.54, 1.807) is 11.0 Å². The zero-order valence-corrected chi connectivity index (χ0v) is 20.2. The van der Waals surface area contributed by atoms with E-state index in [4.69, 9.17) is 37.7 Å². The summed E-state index contributed by atoms with van der Waals surface area (Å²) >= 11 is 15.1. The van der Waals surface area contributed by atoms with E-state index in [2.05, 4.69) is 4.90 Å². The molecule has 0 N–H and O–H groups in total. The maximum atomic E-state index is 13.4. The van der Waals surface area contributed by atoms with E-state index in [-0.39, 0.29) is 5.91 Å². The van der Waals surface area contributed by atoms with Crippen LogP contribution in [-0.4, -0.2) is 61.8 Å². The van der Waals surface area contributed by atoms with Gasteiger partial charge in [0, 0.05) is 26.2 Å². The van der Waals surface area contributed by atoms with Gasteiger partial charge in [-0.3, -0.25) is 14.6 Å². The lowest BCUT2D eigenvalue weighted by atomic mass is 10.2. The molecule has 1 saturated heterocycles. The number of thiophene rings is 1. The Morgan fingerprint density at radius 1 is 1.26 bits per heavy atom. The zero-order valence-electron chi connectivity index (χ0n) is 17.1. The fourth-order valence-electron chi connectivity index (χ4n) is 3.46. The maximum absolute atomic E-state index is 13.4. The molecule has 0 unspecified atom stereocenters. The second kappa shape index (κ2) is 10.5. The normalized spacial score (nSPS) is 14.8. The number of hydrogen-bond acceptors (Lipinski definition) is 7. The molecule has 2 aromatic heterocycles. The first-order valence-electron chi connectivity index (χ1n) is 10.2. The van der Waals surface area contributed by atoms with Gasteiger partial charge in [0.15, 0.2) is 5.13 Å². The molecule has 1 aliphatic rings. The number of halogens is 2. The molecular weight excluding hydrogens is 477 g/mol. The smallest absolute Gasteiger partial charge is 0.262 e. The molecule has 0 aliphatic carbocycles. The number of thiazole rings is 1. The number of ether oxygens (including phenoxy) is 2. The molecule has 31 heavy (non-hydrogen) atoms. The Kier molecular flexibility index (Phi) is 7.68. The van der Waals surface area contributed by atoms with E-state index in [9.17, 15) is 4.79 Å². The van der Waals surface area contributed by atoms with Crippen molar-refractivity contribution in [2.45, 2.75) is 13.3 Å². The Morgan fingerprint density at radius 3 is 2.77 bits per heavy atom. The monoisotopic (exact) mass is 499 g/mol. The number of fused-ring (bicyclic) bond motifs is 1. The molecule has 1 amide bonds. The summed E-state index contributed by atoms with van der Waals surface area (Å²) in [6.45, 7) is 7.33. The van der Waals surface area contributed by atoms with E-state index in [0.717, 1.165) is 55.2 Å². The van der Waals surface area contributed by atoms with Crippen LogP contribution >= 0.6 is 45.9 Å². The minimum Gasteiger partial charge on any atom is -0.494 e. The summed E-state index contributed by atoms with van der Waals surface area (Å²) in [5.74, 6) is 0.613. The topological polar surface area (TPSA) is 54.9 Å². The maximum Gasteiger partial charge on any atom is 0.262 e. The van der Waals surface area contributed by atoms with Crippen LogP contribution in [0.2, 0.25) is 8.67 Å². The molecule has 6 nitrogen and oxygen atoms in total. The van der Waals surface area contributed by atoms with Crippen molar-refractivity contribution in [1.29, 1.82) is 0 Å². The van der Waals surface area contributed by atoms with Crippen LogP contribution < -0.4 is 9.64 Å². The lowest BCUT2D eigenvalue weighted by molar-refractivity contribution is 0.0376. The zero-order chi connectivity index (χ0) is 21.8. The number of hydrogen-bond donors (Lipinski definition) is 0. The molecule has 3 heterocycles. The lowest BCUT2D eigenvalue weighted by Gasteiger charge is -2.27. The van der Waals surface area contributed by atoms with Crippen LogP contribution in [0.1, 0.15) is 23.7 Å². The number of anilines is 1. The highest BCUT2D eigenvalue weighted by Crippen LogP contribution is 2.36. The third-order valence-electron chi connectivity index (χ3n) is 4.98. The van der Waals surface area contributed by atoms with Crippen LogP contribution in [0.15, 0.2) is 24.3 Å². The average Bonchev–Trinajstić information content (AvgIpc) is 3.33.